The number of aliphatic carboxylic acids is 1. The third-order valence-electron chi connectivity index (χ3n) is 0.941. The van der Waals surface area contributed by atoms with E-state index in [4.69, 9.17) is 10.2 Å². The van der Waals surface area contributed by atoms with Crippen LogP contribution in [0.25, 0.3) is 0 Å². The van der Waals surface area contributed by atoms with Crippen LogP contribution < -0.4 is 5.73 Å². The van der Waals surface area contributed by atoms with Crippen molar-refractivity contribution in [2.24, 2.45) is 10.7 Å². The molecule has 66 valence electrons. The number of amides is 2. The molecule has 0 atom stereocenters. The van der Waals surface area contributed by atoms with Crippen LogP contribution in [-0.4, -0.2) is 28.4 Å². The topological polar surface area (TPSA) is 113 Å². The number of aliphatic imine (C=N–C) groups is 1. The second-order valence-electron chi connectivity index (χ2n) is 1.90. The Morgan fingerprint density at radius 1 is 1.42 bits per heavy atom. The SMILES string of the molecule is C/C(O)=C(/C=N/C(N)=O)C(=O)O. The zero-order valence-corrected chi connectivity index (χ0v) is 6.31. The molecule has 0 rings (SSSR count). The molecule has 0 aromatic heterocycles. The second-order valence-corrected chi connectivity index (χ2v) is 1.90. The maximum atomic E-state index is 10.3. The summed E-state index contributed by atoms with van der Waals surface area (Å²) in [6, 6.07) is -1.02. The number of primary amides is 1. The second kappa shape index (κ2) is 4.12. The van der Waals surface area contributed by atoms with Crippen LogP contribution >= 0.6 is 0 Å². The Labute approximate surface area is 68.0 Å². The highest BCUT2D eigenvalue weighted by Crippen LogP contribution is 1.97. The molecule has 0 unspecified atom stereocenters. The van der Waals surface area contributed by atoms with Gasteiger partial charge in [-0.15, -0.1) is 0 Å². The molecule has 0 saturated carbocycles. The van der Waals surface area contributed by atoms with Crippen molar-refractivity contribution in [1.29, 1.82) is 0 Å². The Kier molecular flexibility index (Phi) is 3.48. The van der Waals surface area contributed by atoms with Gasteiger partial charge in [0.15, 0.2) is 0 Å². The Balaban J connectivity index is 4.70. The summed E-state index contributed by atoms with van der Waals surface area (Å²) < 4.78 is 0. The maximum absolute atomic E-state index is 10.3. The summed E-state index contributed by atoms with van der Waals surface area (Å²) in [6.45, 7) is 1.16. The zero-order chi connectivity index (χ0) is 9.72. The van der Waals surface area contributed by atoms with Crippen LogP contribution in [0.4, 0.5) is 4.79 Å². The van der Waals surface area contributed by atoms with E-state index < -0.39 is 23.3 Å². The average Bonchev–Trinajstić information content (AvgIpc) is 1.84. The number of urea groups is 1. The van der Waals surface area contributed by atoms with Crippen molar-refractivity contribution >= 4 is 18.2 Å². The molecule has 0 spiro atoms. The van der Waals surface area contributed by atoms with Gasteiger partial charge in [-0.1, -0.05) is 0 Å². The molecule has 0 heterocycles. The van der Waals surface area contributed by atoms with Crippen LogP contribution in [0.5, 0.6) is 0 Å². The number of rotatable bonds is 2. The van der Waals surface area contributed by atoms with Crippen LogP contribution in [0, 0.1) is 0 Å². The summed E-state index contributed by atoms with van der Waals surface area (Å²) in [5, 5.41) is 17.1. The van der Waals surface area contributed by atoms with Crippen molar-refractivity contribution in [3.05, 3.63) is 11.3 Å². The van der Waals surface area contributed by atoms with E-state index in [9.17, 15) is 9.59 Å². The normalized spacial score (nSPS) is 12.8. The molecule has 6 nitrogen and oxygen atoms in total. The van der Waals surface area contributed by atoms with Crippen LogP contribution in [0.3, 0.4) is 0 Å². The Bertz CT molecular complexity index is 263. The van der Waals surface area contributed by atoms with Gasteiger partial charge in [0.2, 0.25) is 0 Å². The van der Waals surface area contributed by atoms with E-state index in [0.29, 0.717) is 6.21 Å². The molecule has 0 bridgehead atoms. The number of carbonyl (C=O) groups excluding carboxylic acids is 1. The van der Waals surface area contributed by atoms with E-state index in [1.807, 2.05) is 0 Å². The average molecular weight is 172 g/mol. The van der Waals surface area contributed by atoms with Crippen molar-refractivity contribution in [3.63, 3.8) is 0 Å². The molecule has 2 amide bonds. The lowest BCUT2D eigenvalue weighted by Crippen LogP contribution is -2.09. The van der Waals surface area contributed by atoms with E-state index in [1.54, 1.807) is 0 Å². The van der Waals surface area contributed by atoms with E-state index >= 15 is 0 Å². The summed E-state index contributed by atoms with van der Waals surface area (Å²) in [5.41, 5.74) is 4.14. The molecule has 12 heavy (non-hydrogen) atoms. The Morgan fingerprint density at radius 3 is 2.17 bits per heavy atom. The lowest BCUT2D eigenvalue weighted by atomic mass is 10.2. The molecular weight excluding hydrogens is 164 g/mol. The minimum Gasteiger partial charge on any atom is -0.512 e. The van der Waals surface area contributed by atoms with Crippen LogP contribution in [0.1, 0.15) is 6.92 Å². The number of carboxylic acid groups (broad SMARTS) is 1. The van der Waals surface area contributed by atoms with Gasteiger partial charge in [-0.2, -0.15) is 0 Å². The van der Waals surface area contributed by atoms with E-state index in [-0.39, 0.29) is 0 Å². The number of aliphatic hydroxyl groups is 1. The first-order valence-corrected chi connectivity index (χ1v) is 2.91. The van der Waals surface area contributed by atoms with Crippen LogP contribution in [0.15, 0.2) is 16.3 Å². The number of aliphatic hydroxyl groups excluding tert-OH is 1. The fraction of sp³-hybridized carbons (Fsp3) is 0.167. The molecule has 0 saturated heterocycles. The van der Waals surface area contributed by atoms with Gasteiger partial charge in [0.25, 0.3) is 0 Å². The van der Waals surface area contributed by atoms with Gasteiger partial charge < -0.3 is 15.9 Å². The molecule has 0 radical (unpaired) electrons. The van der Waals surface area contributed by atoms with E-state index in [0.717, 1.165) is 6.92 Å². The molecular formula is C6H8N2O4. The minimum absolute atomic E-state index is 0.437. The number of allylic oxidation sites excluding steroid dienone is 1. The number of hydrogen-bond donors (Lipinski definition) is 3. The highest BCUT2D eigenvalue weighted by Gasteiger charge is 2.07. The largest absolute Gasteiger partial charge is 0.512 e. The third kappa shape index (κ3) is 3.35. The van der Waals surface area contributed by atoms with Crippen molar-refractivity contribution in [2.45, 2.75) is 6.92 Å². The molecule has 0 aliphatic heterocycles. The van der Waals surface area contributed by atoms with Crippen molar-refractivity contribution in [3.8, 4) is 0 Å². The third-order valence-corrected chi connectivity index (χ3v) is 0.941. The summed E-state index contributed by atoms with van der Waals surface area (Å²) in [5.74, 6) is -1.81. The van der Waals surface area contributed by atoms with Gasteiger partial charge in [0.1, 0.15) is 11.3 Å². The molecule has 0 aromatic carbocycles. The first kappa shape index (κ1) is 10.2. The van der Waals surface area contributed by atoms with Gasteiger partial charge in [0, 0.05) is 0 Å². The fourth-order valence-electron chi connectivity index (χ4n) is 0.432. The number of nitrogens with two attached hydrogens (primary N) is 1. The zero-order valence-electron chi connectivity index (χ0n) is 6.31. The van der Waals surface area contributed by atoms with Crippen molar-refractivity contribution in [2.75, 3.05) is 0 Å². The molecule has 0 aliphatic carbocycles. The Hall–Kier alpha value is -1.85. The van der Waals surface area contributed by atoms with Gasteiger partial charge in [-0.25, -0.2) is 14.6 Å². The lowest BCUT2D eigenvalue weighted by molar-refractivity contribution is -0.132. The number of nitrogens with zero attached hydrogens (tertiary/aromatic N) is 1. The first-order valence-electron chi connectivity index (χ1n) is 2.91. The van der Waals surface area contributed by atoms with E-state index in [1.165, 1.54) is 0 Å². The van der Waals surface area contributed by atoms with Gasteiger partial charge in [0.05, 0.1) is 6.21 Å². The molecule has 0 aliphatic rings. The molecule has 6 heteroatoms. The molecule has 0 fully saturated rings. The quantitative estimate of drug-likeness (QED) is 0.310. The minimum atomic E-state index is -1.37. The van der Waals surface area contributed by atoms with Crippen molar-refractivity contribution in [1.82, 2.24) is 0 Å². The fourth-order valence-corrected chi connectivity index (χ4v) is 0.432. The van der Waals surface area contributed by atoms with Crippen LogP contribution in [0.2, 0.25) is 0 Å². The maximum Gasteiger partial charge on any atom is 0.340 e. The van der Waals surface area contributed by atoms with Crippen molar-refractivity contribution < 1.29 is 19.8 Å². The highest BCUT2D eigenvalue weighted by atomic mass is 16.4. The standard InChI is InChI=1S/C6H8N2O4/c1-3(9)4(5(10)11)2-8-6(7)12/h2,9H,1H3,(H2,7,12)(H,10,11)/b4-3+,8-2+. The van der Waals surface area contributed by atoms with Crippen LogP contribution in [-0.2, 0) is 4.79 Å². The summed E-state index contributed by atoms with van der Waals surface area (Å²) >= 11 is 0. The number of carbonyl (C=O) groups is 2. The molecule has 4 N–H and O–H groups in total. The summed E-state index contributed by atoms with van der Waals surface area (Å²) in [7, 11) is 0. The highest BCUT2D eigenvalue weighted by molar-refractivity contribution is 6.10. The number of carboxylic acids is 1. The smallest absolute Gasteiger partial charge is 0.340 e. The first-order chi connectivity index (χ1) is 5.45. The predicted octanol–water partition coefficient (Wildman–Crippen LogP) is 0.0525. The predicted molar refractivity (Wildman–Crippen MR) is 41.0 cm³/mol. The Morgan fingerprint density at radius 2 is 1.92 bits per heavy atom. The van der Waals surface area contributed by atoms with Gasteiger partial charge in [-0.05, 0) is 6.92 Å². The summed E-state index contributed by atoms with van der Waals surface area (Å²) in [4.78, 5) is 23.4. The number of hydrogen-bond acceptors (Lipinski definition) is 3. The van der Waals surface area contributed by atoms with Gasteiger partial charge in [-0.3, -0.25) is 0 Å². The summed E-state index contributed by atoms with van der Waals surface area (Å²) in [6.07, 6.45) is 0.694. The monoisotopic (exact) mass is 172 g/mol. The van der Waals surface area contributed by atoms with Gasteiger partial charge >= 0.3 is 12.0 Å². The molecule has 0 aromatic rings. The lowest BCUT2D eigenvalue weighted by Gasteiger charge is -1.94. The van der Waals surface area contributed by atoms with E-state index in [2.05, 4.69) is 10.7 Å².